The van der Waals surface area contributed by atoms with Gasteiger partial charge in [-0.1, -0.05) is 37.3 Å². The van der Waals surface area contributed by atoms with Crippen LogP contribution in [0, 0.1) is 5.92 Å². The molecule has 2 heterocycles. The van der Waals surface area contributed by atoms with Crippen molar-refractivity contribution in [2.75, 3.05) is 20.8 Å². The van der Waals surface area contributed by atoms with Crippen molar-refractivity contribution in [3.8, 4) is 28.6 Å². The molecule has 0 unspecified atom stereocenters. The number of aromatic nitrogens is 3. The van der Waals surface area contributed by atoms with Crippen LogP contribution < -0.4 is 24.3 Å². The molecule has 4 aromatic rings. The minimum atomic E-state index is -0.222. The second-order valence-corrected chi connectivity index (χ2v) is 8.37. The molecule has 0 aliphatic rings. The monoisotopic (exact) mass is 437 g/mol. The molecule has 2 aromatic heterocycles. The van der Waals surface area contributed by atoms with Gasteiger partial charge in [0.1, 0.15) is 5.75 Å². The largest absolute Gasteiger partial charge is 0.493 e. The van der Waals surface area contributed by atoms with Crippen molar-refractivity contribution in [3.63, 3.8) is 0 Å². The lowest BCUT2D eigenvalue weighted by molar-refractivity contribution is 0.271. The van der Waals surface area contributed by atoms with Crippen LogP contribution in [0.3, 0.4) is 0 Å². The van der Waals surface area contributed by atoms with E-state index in [9.17, 15) is 4.79 Å². The zero-order valence-electron chi connectivity index (χ0n) is 17.8. The van der Waals surface area contributed by atoms with Crippen LogP contribution in [-0.4, -0.2) is 35.4 Å². The van der Waals surface area contributed by atoms with Gasteiger partial charge in [0.05, 0.1) is 25.4 Å². The second-order valence-electron chi connectivity index (χ2n) is 7.36. The average molecular weight is 438 g/mol. The maximum atomic E-state index is 12.9. The Hall–Kier alpha value is -3.39. The summed E-state index contributed by atoms with van der Waals surface area (Å²) in [4.78, 5) is 18.0. The third-order valence-electron chi connectivity index (χ3n) is 4.60. The maximum absolute atomic E-state index is 12.9. The van der Waals surface area contributed by atoms with Gasteiger partial charge in [0.2, 0.25) is 4.96 Å². The van der Waals surface area contributed by atoms with Gasteiger partial charge in [-0.15, -0.1) is 5.10 Å². The molecule has 7 nitrogen and oxygen atoms in total. The molecule has 0 fully saturated rings. The summed E-state index contributed by atoms with van der Waals surface area (Å²) in [7, 11) is 3.15. The molecule has 0 saturated heterocycles. The van der Waals surface area contributed by atoms with E-state index in [2.05, 4.69) is 23.9 Å². The lowest BCUT2D eigenvalue weighted by Gasteiger charge is -2.09. The Kier molecular flexibility index (Phi) is 5.90. The molecule has 160 valence electrons. The summed E-state index contributed by atoms with van der Waals surface area (Å²) in [5.74, 6) is 2.94. The van der Waals surface area contributed by atoms with Gasteiger partial charge in [0, 0.05) is 11.1 Å². The standard InChI is InChI=1S/C23H23N3O4S/c1-14(2)13-30-17-10-8-15(9-11-17)21-24-23-26(25-21)22(27)19(31-23)12-16-6-5-7-18(28-3)20(16)29-4/h5-12,14H,13H2,1-4H3/b19-12+. The molecule has 0 N–H and O–H groups in total. The Bertz CT molecular complexity index is 1310. The highest BCUT2D eigenvalue weighted by molar-refractivity contribution is 7.15. The maximum Gasteiger partial charge on any atom is 0.291 e. The van der Waals surface area contributed by atoms with Gasteiger partial charge in [0.25, 0.3) is 5.56 Å². The summed E-state index contributed by atoms with van der Waals surface area (Å²) >= 11 is 1.28. The normalized spacial score (nSPS) is 12.0. The van der Waals surface area contributed by atoms with E-state index in [1.54, 1.807) is 20.3 Å². The van der Waals surface area contributed by atoms with Crippen molar-refractivity contribution in [2.45, 2.75) is 13.8 Å². The number of methoxy groups -OCH3 is 2. The molecule has 0 aliphatic heterocycles. The first kappa shape index (κ1) is 20.9. The number of thiazole rings is 1. The Labute approximate surface area is 183 Å². The van der Waals surface area contributed by atoms with Crippen molar-refractivity contribution in [1.29, 1.82) is 0 Å². The fraction of sp³-hybridized carbons (Fsp3) is 0.261. The Balaban J connectivity index is 1.67. The van der Waals surface area contributed by atoms with E-state index >= 15 is 0 Å². The molecular formula is C23H23N3O4S. The highest BCUT2D eigenvalue weighted by Crippen LogP contribution is 2.31. The van der Waals surface area contributed by atoms with Crippen molar-refractivity contribution in [3.05, 3.63) is 62.9 Å². The van der Waals surface area contributed by atoms with Gasteiger partial charge < -0.3 is 14.2 Å². The topological polar surface area (TPSA) is 75.0 Å². The summed E-state index contributed by atoms with van der Waals surface area (Å²) in [5, 5.41) is 4.41. The molecule has 31 heavy (non-hydrogen) atoms. The lowest BCUT2D eigenvalue weighted by Crippen LogP contribution is -2.23. The van der Waals surface area contributed by atoms with Crippen LogP contribution in [-0.2, 0) is 0 Å². The van der Waals surface area contributed by atoms with Gasteiger partial charge in [-0.25, -0.2) is 0 Å². The van der Waals surface area contributed by atoms with Gasteiger partial charge in [0.15, 0.2) is 17.3 Å². The van der Waals surface area contributed by atoms with Crippen LogP contribution in [0.5, 0.6) is 17.2 Å². The molecule has 2 aromatic carbocycles. The summed E-state index contributed by atoms with van der Waals surface area (Å²) < 4.78 is 18.3. The molecule has 0 amide bonds. The molecule has 4 rings (SSSR count). The van der Waals surface area contributed by atoms with Crippen LogP contribution in [0.1, 0.15) is 19.4 Å². The predicted molar refractivity (Wildman–Crippen MR) is 121 cm³/mol. The smallest absolute Gasteiger partial charge is 0.291 e. The Morgan fingerprint density at radius 2 is 1.87 bits per heavy atom. The highest BCUT2D eigenvalue weighted by Gasteiger charge is 2.14. The fourth-order valence-corrected chi connectivity index (χ4v) is 3.98. The molecule has 0 radical (unpaired) electrons. The van der Waals surface area contributed by atoms with Crippen molar-refractivity contribution >= 4 is 22.4 Å². The minimum Gasteiger partial charge on any atom is -0.493 e. The van der Waals surface area contributed by atoms with E-state index in [-0.39, 0.29) is 5.56 Å². The molecule has 0 saturated carbocycles. The van der Waals surface area contributed by atoms with Crippen molar-refractivity contribution in [2.24, 2.45) is 5.92 Å². The first-order chi connectivity index (χ1) is 15.0. The molecule has 0 bridgehead atoms. The first-order valence-electron chi connectivity index (χ1n) is 9.85. The van der Waals surface area contributed by atoms with Crippen LogP contribution >= 0.6 is 11.3 Å². The number of fused-ring (bicyclic) bond motifs is 1. The summed E-state index contributed by atoms with van der Waals surface area (Å²) in [6.45, 7) is 4.87. The lowest BCUT2D eigenvalue weighted by atomic mass is 10.2. The minimum absolute atomic E-state index is 0.222. The van der Waals surface area contributed by atoms with E-state index < -0.39 is 0 Å². The number of rotatable bonds is 7. The second kappa shape index (κ2) is 8.77. The van der Waals surface area contributed by atoms with Crippen LogP contribution in [0.15, 0.2) is 47.3 Å². The zero-order valence-corrected chi connectivity index (χ0v) is 18.6. The first-order valence-corrected chi connectivity index (χ1v) is 10.7. The van der Waals surface area contributed by atoms with E-state index in [1.165, 1.54) is 15.9 Å². The van der Waals surface area contributed by atoms with Crippen LogP contribution in [0.4, 0.5) is 0 Å². The van der Waals surface area contributed by atoms with Gasteiger partial charge in [-0.2, -0.15) is 9.50 Å². The molecule has 8 heteroatoms. The van der Waals surface area contributed by atoms with Crippen LogP contribution in [0.2, 0.25) is 0 Å². The summed E-state index contributed by atoms with van der Waals surface area (Å²) in [5.41, 5.74) is 1.35. The fourth-order valence-electron chi connectivity index (χ4n) is 3.09. The predicted octanol–water partition coefficient (Wildman–Crippen LogP) is 3.42. The highest BCUT2D eigenvalue weighted by atomic mass is 32.1. The SMILES string of the molecule is COc1cccc(/C=c2/sc3nc(-c4ccc(OCC(C)C)cc4)nn3c2=O)c1OC. The third-order valence-corrected chi connectivity index (χ3v) is 5.56. The summed E-state index contributed by atoms with van der Waals surface area (Å²) in [6, 6.07) is 13.1. The number of hydrogen-bond acceptors (Lipinski definition) is 7. The van der Waals surface area contributed by atoms with E-state index in [0.29, 0.717) is 39.3 Å². The quantitative estimate of drug-likeness (QED) is 0.441. The van der Waals surface area contributed by atoms with Gasteiger partial charge in [-0.3, -0.25) is 4.79 Å². The van der Waals surface area contributed by atoms with Crippen LogP contribution in [0.25, 0.3) is 22.4 Å². The zero-order chi connectivity index (χ0) is 22.0. The summed E-state index contributed by atoms with van der Waals surface area (Å²) in [6.07, 6.45) is 1.77. The molecular weight excluding hydrogens is 414 g/mol. The molecule has 0 atom stereocenters. The van der Waals surface area contributed by atoms with Crippen molar-refractivity contribution < 1.29 is 14.2 Å². The number of hydrogen-bond donors (Lipinski definition) is 0. The number of nitrogens with zero attached hydrogens (tertiary/aromatic N) is 3. The molecule has 0 spiro atoms. The number of para-hydroxylation sites is 1. The van der Waals surface area contributed by atoms with Gasteiger partial charge >= 0.3 is 0 Å². The van der Waals surface area contributed by atoms with Crippen molar-refractivity contribution in [1.82, 2.24) is 14.6 Å². The van der Waals surface area contributed by atoms with E-state index in [0.717, 1.165) is 16.9 Å². The number of ether oxygens (including phenoxy) is 3. The number of benzene rings is 2. The van der Waals surface area contributed by atoms with E-state index in [4.69, 9.17) is 14.2 Å². The average Bonchev–Trinajstić information content (AvgIpc) is 3.32. The van der Waals surface area contributed by atoms with E-state index in [1.807, 2.05) is 42.5 Å². The van der Waals surface area contributed by atoms with Gasteiger partial charge in [-0.05, 0) is 42.3 Å². The Morgan fingerprint density at radius 1 is 1.10 bits per heavy atom. The Morgan fingerprint density at radius 3 is 2.52 bits per heavy atom. The molecule has 0 aliphatic carbocycles. The third kappa shape index (κ3) is 4.25.